The fourth-order valence-electron chi connectivity index (χ4n) is 2.43. The lowest BCUT2D eigenvalue weighted by Gasteiger charge is -2.17. The normalized spacial score (nSPS) is 12.1. The first-order valence-corrected chi connectivity index (χ1v) is 9.45. The van der Waals surface area contributed by atoms with Gasteiger partial charge in [0.05, 0.1) is 17.1 Å². The van der Waals surface area contributed by atoms with E-state index >= 15 is 0 Å². The highest BCUT2D eigenvalue weighted by Gasteiger charge is 2.34. The third kappa shape index (κ3) is 3.65. The lowest BCUT2D eigenvalue weighted by Crippen LogP contribution is -2.20. The Balaban J connectivity index is 2.04. The summed E-state index contributed by atoms with van der Waals surface area (Å²) in [5.74, 6) is -1.42. The van der Waals surface area contributed by atoms with Gasteiger partial charge in [-0.05, 0) is 23.8 Å². The number of rotatable bonds is 4. The van der Waals surface area contributed by atoms with Crippen molar-refractivity contribution in [2.24, 2.45) is 0 Å². The molecule has 0 atom stereocenters. The summed E-state index contributed by atoms with van der Waals surface area (Å²) < 4.78 is 77.0. The molecule has 0 aliphatic rings. The Bertz CT molecular complexity index is 1040. The van der Waals surface area contributed by atoms with Crippen LogP contribution in [0.1, 0.15) is 11.1 Å². The number of anilines is 1. The molecular weight excluding hydrogens is 414 g/mol. The van der Waals surface area contributed by atoms with Gasteiger partial charge < -0.3 is 0 Å². The molecule has 10 heteroatoms. The number of nitrogens with zero attached hydrogens (tertiary/aromatic N) is 1. The number of alkyl halides is 3. The van der Waals surface area contributed by atoms with Crippen LogP contribution >= 0.6 is 22.9 Å². The van der Waals surface area contributed by atoms with Gasteiger partial charge in [-0.25, -0.2) is 12.8 Å². The van der Waals surface area contributed by atoms with Gasteiger partial charge in [0.15, 0.2) is 0 Å². The van der Waals surface area contributed by atoms with Gasteiger partial charge >= 0.3 is 6.18 Å². The predicted octanol–water partition coefficient (Wildman–Crippen LogP) is 5.25. The summed E-state index contributed by atoms with van der Waals surface area (Å²) in [6, 6.07) is 9.34. The number of fused-ring (bicyclic) bond motifs is 1. The maximum Gasteiger partial charge on any atom is 0.419 e. The van der Waals surface area contributed by atoms with E-state index in [1.54, 1.807) is 24.3 Å². The fraction of sp³-hybridized carbons (Fsp3) is 0.125. The summed E-state index contributed by atoms with van der Waals surface area (Å²) in [5, 5.41) is 1.04. The molecule has 0 unspecified atom stereocenters. The quantitative estimate of drug-likeness (QED) is 0.460. The third-order valence-electron chi connectivity index (χ3n) is 3.62. The van der Waals surface area contributed by atoms with E-state index in [1.807, 2.05) is 0 Å². The molecule has 0 aliphatic carbocycles. The highest BCUT2D eigenvalue weighted by atomic mass is 35.5. The van der Waals surface area contributed by atoms with Crippen molar-refractivity contribution >= 4 is 48.9 Å². The largest absolute Gasteiger partial charge is 0.419 e. The lowest BCUT2D eigenvalue weighted by atomic mass is 10.1. The summed E-state index contributed by atoms with van der Waals surface area (Å²) >= 11 is 7.36. The zero-order chi connectivity index (χ0) is 19.1. The van der Waals surface area contributed by atoms with E-state index in [2.05, 4.69) is 0 Å². The molecule has 0 N–H and O–H groups in total. The van der Waals surface area contributed by atoms with Crippen LogP contribution in [0.4, 0.5) is 22.6 Å². The van der Waals surface area contributed by atoms with E-state index in [0.717, 1.165) is 26.4 Å². The number of thiophene rings is 1. The zero-order valence-electron chi connectivity index (χ0n) is 12.8. The van der Waals surface area contributed by atoms with E-state index in [9.17, 15) is 26.0 Å². The van der Waals surface area contributed by atoms with E-state index in [0.29, 0.717) is 17.5 Å². The maximum atomic E-state index is 13.4. The molecule has 0 spiro atoms. The highest BCUT2D eigenvalue weighted by molar-refractivity contribution is 7.74. The molecule has 3 nitrogen and oxygen atoms in total. The van der Waals surface area contributed by atoms with Crippen LogP contribution in [0.15, 0.2) is 42.5 Å². The van der Waals surface area contributed by atoms with Crippen molar-refractivity contribution in [2.75, 3.05) is 4.31 Å². The summed E-state index contributed by atoms with van der Waals surface area (Å²) in [6.45, 7) is -0.394. The standard InChI is InChI=1S/C16H10ClF4NO2S2/c17-14-10-3-1-2-4-13(10)25-15(14)22(26(23)24)8-9-5-6-12(18)11(7-9)16(19,20)21/h1-7,26H,8H2. The van der Waals surface area contributed by atoms with Crippen LogP contribution in [-0.2, 0) is 23.6 Å². The van der Waals surface area contributed by atoms with Gasteiger partial charge in [0, 0.05) is 10.1 Å². The second kappa shape index (κ2) is 7.05. The molecule has 1 aromatic heterocycles. The molecule has 26 heavy (non-hydrogen) atoms. The average Bonchev–Trinajstić information content (AvgIpc) is 2.90. The van der Waals surface area contributed by atoms with Crippen molar-refractivity contribution < 1.29 is 26.0 Å². The molecule has 0 saturated heterocycles. The Morgan fingerprint density at radius 3 is 2.42 bits per heavy atom. The number of thiol groups is 1. The number of hydrogen-bond acceptors (Lipinski definition) is 3. The van der Waals surface area contributed by atoms with Crippen LogP contribution < -0.4 is 4.31 Å². The van der Waals surface area contributed by atoms with Gasteiger partial charge in [-0.3, -0.25) is 4.31 Å². The summed E-state index contributed by atoms with van der Waals surface area (Å²) in [7, 11) is -3.18. The van der Waals surface area contributed by atoms with Crippen molar-refractivity contribution in [3.05, 3.63) is 64.4 Å². The first kappa shape index (κ1) is 18.9. The molecule has 3 aromatic rings. The Labute approximate surface area is 156 Å². The molecule has 0 radical (unpaired) electrons. The van der Waals surface area contributed by atoms with Crippen molar-refractivity contribution in [2.45, 2.75) is 12.7 Å². The van der Waals surface area contributed by atoms with Crippen molar-refractivity contribution in [3.63, 3.8) is 0 Å². The SMILES string of the molecule is O=[SH](=O)N(Cc1ccc(F)c(C(F)(F)F)c1)c1sc2ccccc2c1Cl. The van der Waals surface area contributed by atoms with Gasteiger partial charge in [0.1, 0.15) is 10.8 Å². The first-order chi connectivity index (χ1) is 12.2. The molecule has 0 amide bonds. The number of halogens is 5. The number of hydrogen-bond donors (Lipinski definition) is 1. The average molecular weight is 424 g/mol. The van der Waals surface area contributed by atoms with Crippen LogP contribution in [0.2, 0.25) is 5.02 Å². The van der Waals surface area contributed by atoms with Gasteiger partial charge in [0.2, 0.25) is 10.9 Å². The molecule has 0 bridgehead atoms. The number of benzene rings is 2. The van der Waals surface area contributed by atoms with E-state index in [-0.39, 0.29) is 15.6 Å². The smallest absolute Gasteiger partial charge is 0.257 e. The molecule has 3 rings (SSSR count). The Morgan fingerprint density at radius 1 is 1.12 bits per heavy atom. The summed E-state index contributed by atoms with van der Waals surface area (Å²) in [5.41, 5.74) is -1.45. The van der Waals surface area contributed by atoms with Gasteiger partial charge in [-0.2, -0.15) is 13.2 Å². The van der Waals surface area contributed by atoms with Crippen LogP contribution in [0.5, 0.6) is 0 Å². The van der Waals surface area contributed by atoms with Gasteiger partial charge in [-0.15, -0.1) is 11.3 Å². The van der Waals surface area contributed by atoms with Crippen molar-refractivity contribution in [3.8, 4) is 0 Å². The van der Waals surface area contributed by atoms with E-state index < -0.39 is 35.0 Å². The van der Waals surface area contributed by atoms with E-state index in [4.69, 9.17) is 11.6 Å². The molecule has 0 saturated carbocycles. The Kier molecular flexibility index (Phi) is 5.14. The minimum Gasteiger partial charge on any atom is -0.257 e. The van der Waals surface area contributed by atoms with Crippen molar-refractivity contribution in [1.82, 2.24) is 0 Å². The second-order valence-electron chi connectivity index (χ2n) is 5.32. The fourth-order valence-corrected chi connectivity index (χ4v) is 4.78. The van der Waals surface area contributed by atoms with Gasteiger partial charge in [0.25, 0.3) is 0 Å². The molecule has 0 aliphatic heterocycles. The predicted molar refractivity (Wildman–Crippen MR) is 94.7 cm³/mol. The Hall–Kier alpha value is -1.84. The Morgan fingerprint density at radius 2 is 1.81 bits per heavy atom. The second-order valence-corrected chi connectivity index (χ2v) is 7.69. The van der Waals surface area contributed by atoms with Crippen LogP contribution in [0.25, 0.3) is 10.1 Å². The third-order valence-corrected chi connectivity index (χ3v) is 6.18. The van der Waals surface area contributed by atoms with E-state index in [1.165, 1.54) is 0 Å². The topological polar surface area (TPSA) is 37.4 Å². The summed E-state index contributed by atoms with van der Waals surface area (Å²) in [6.07, 6.45) is -4.88. The molecule has 0 fully saturated rings. The monoisotopic (exact) mass is 423 g/mol. The molecule has 1 heterocycles. The minimum atomic E-state index is -4.88. The molecular formula is C16H10ClF4NO2S2. The van der Waals surface area contributed by atoms with Crippen LogP contribution in [0, 0.1) is 5.82 Å². The summed E-state index contributed by atoms with van der Waals surface area (Å²) in [4.78, 5) is 0. The minimum absolute atomic E-state index is 0.00792. The van der Waals surface area contributed by atoms with Gasteiger partial charge in [-0.1, -0.05) is 35.9 Å². The van der Waals surface area contributed by atoms with Crippen molar-refractivity contribution in [1.29, 1.82) is 0 Å². The molecule has 138 valence electrons. The first-order valence-electron chi connectivity index (χ1n) is 7.13. The lowest BCUT2D eigenvalue weighted by molar-refractivity contribution is -0.140. The van der Waals surface area contributed by atoms with Crippen LogP contribution in [-0.4, -0.2) is 8.42 Å². The molecule has 2 aromatic carbocycles. The maximum absolute atomic E-state index is 13.4. The highest BCUT2D eigenvalue weighted by Crippen LogP contribution is 2.42. The zero-order valence-corrected chi connectivity index (χ0v) is 15.2. The van der Waals surface area contributed by atoms with Crippen LogP contribution in [0.3, 0.4) is 0 Å².